The predicted octanol–water partition coefficient (Wildman–Crippen LogP) is 3.94. The van der Waals surface area contributed by atoms with Gasteiger partial charge in [-0.05, 0) is 37.1 Å². The fourth-order valence-electron chi connectivity index (χ4n) is 2.55. The van der Waals surface area contributed by atoms with E-state index in [2.05, 4.69) is 51.3 Å². The smallest absolute Gasteiger partial charge is 0.0423 e. The first-order chi connectivity index (χ1) is 8.81. The first kappa shape index (κ1) is 13.9. The molecule has 0 amide bonds. The largest absolute Gasteiger partial charge is 0.371 e. The van der Waals surface area contributed by atoms with E-state index < -0.39 is 0 Å². The summed E-state index contributed by atoms with van der Waals surface area (Å²) in [5, 5.41) is 3.44. The van der Waals surface area contributed by atoms with Gasteiger partial charge in [0.25, 0.3) is 0 Å². The SMILES string of the molecule is CCNCc1ccc(Br)cc1N1CCCCCC1. The Morgan fingerprint density at radius 1 is 1.17 bits per heavy atom. The lowest BCUT2D eigenvalue weighted by atomic mass is 10.1. The molecule has 1 aliphatic rings. The van der Waals surface area contributed by atoms with Crippen LogP contribution in [0.2, 0.25) is 0 Å². The molecule has 1 aromatic carbocycles. The molecule has 0 radical (unpaired) electrons. The summed E-state index contributed by atoms with van der Waals surface area (Å²) in [5.41, 5.74) is 2.83. The van der Waals surface area contributed by atoms with Crippen LogP contribution < -0.4 is 10.2 Å². The highest BCUT2D eigenvalue weighted by molar-refractivity contribution is 9.10. The number of nitrogens with one attached hydrogen (secondary N) is 1. The van der Waals surface area contributed by atoms with Gasteiger partial charge in [-0.15, -0.1) is 0 Å². The lowest BCUT2D eigenvalue weighted by Crippen LogP contribution is -2.26. The number of nitrogens with zero attached hydrogens (tertiary/aromatic N) is 1. The number of hydrogen-bond acceptors (Lipinski definition) is 2. The average molecular weight is 311 g/mol. The highest BCUT2D eigenvalue weighted by atomic mass is 79.9. The molecule has 1 aliphatic heterocycles. The van der Waals surface area contributed by atoms with Gasteiger partial charge in [-0.2, -0.15) is 0 Å². The third-order valence-corrected chi connectivity index (χ3v) is 4.05. The molecular formula is C15H23BrN2. The molecule has 0 aromatic heterocycles. The van der Waals surface area contributed by atoms with Gasteiger partial charge in [0.1, 0.15) is 0 Å². The van der Waals surface area contributed by atoms with E-state index in [0.717, 1.165) is 13.1 Å². The highest BCUT2D eigenvalue weighted by Gasteiger charge is 2.13. The van der Waals surface area contributed by atoms with Crippen LogP contribution in [0.4, 0.5) is 5.69 Å². The third-order valence-electron chi connectivity index (χ3n) is 3.56. The second-order valence-corrected chi connectivity index (χ2v) is 5.87. The molecule has 0 aliphatic carbocycles. The number of halogens is 1. The first-order valence-corrected chi connectivity index (χ1v) is 7.84. The van der Waals surface area contributed by atoms with Crippen LogP contribution in [0.5, 0.6) is 0 Å². The van der Waals surface area contributed by atoms with Crippen molar-refractivity contribution in [3.05, 3.63) is 28.2 Å². The summed E-state index contributed by atoms with van der Waals surface area (Å²) in [5.74, 6) is 0. The Morgan fingerprint density at radius 2 is 1.89 bits per heavy atom. The fraction of sp³-hybridized carbons (Fsp3) is 0.600. The van der Waals surface area contributed by atoms with Crippen LogP contribution in [0.3, 0.4) is 0 Å². The van der Waals surface area contributed by atoms with Gasteiger partial charge in [0.2, 0.25) is 0 Å². The van der Waals surface area contributed by atoms with Gasteiger partial charge in [0.05, 0.1) is 0 Å². The maximum Gasteiger partial charge on any atom is 0.0423 e. The summed E-state index contributed by atoms with van der Waals surface area (Å²) in [6, 6.07) is 6.67. The Hall–Kier alpha value is -0.540. The van der Waals surface area contributed by atoms with Crippen molar-refractivity contribution in [1.82, 2.24) is 5.32 Å². The van der Waals surface area contributed by atoms with Crippen LogP contribution in [0.25, 0.3) is 0 Å². The fourth-order valence-corrected chi connectivity index (χ4v) is 2.90. The average Bonchev–Trinajstić information content (AvgIpc) is 2.66. The van der Waals surface area contributed by atoms with Gasteiger partial charge >= 0.3 is 0 Å². The van der Waals surface area contributed by atoms with Crippen molar-refractivity contribution < 1.29 is 0 Å². The van der Waals surface area contributed by atoms with E-state index in [1.54, 1.807) is 0 Å². The minimum Gasteiger partial charge on any atom is -0.371 e. The van der Waals surface area contributed by atoms with E-state index in [4.69, 9.17) is 0 Å². The Kier molecular flexibility index (Phi) is 5.51. The highest BCUT2D eigenvalue weighted by Crippen LogP contribution is 2.27. The molecule has 3 heteroatoms. The molecule has 100 valence electrons. The molecule has 18 heavy (non-hydrogen) atoms. The molecule has 2 rings (SSSR count). The monoisotopic (exact) mass is 310 g/mol. The van der Waals surface area contributed by atoms with Gasteiger partial charge in [-0.3, -0.25) is 0 Å². The Morgan fingerprint density at radius 3 is 2.56 bits per heavy atom. The second-order valence-electron chi connectivity index (χ2n) is 4.95. The van der Waals surface area contributed by atoms with Crippen LogP contribution in [-0.2, 0) is 6.54 Å². The summed E-state index contributed by atoms with van der Waals surface area (Å²) in [4.78, 5) is 2.56. The van der Waals surface area contributed by atoms with Crippen LogP contribution in [-0.4, -0.2) is 19.6 Å². The van der Waals surface area contributed by atoms with Crippen molar-refractivity contribution in [2.45, 2.75) is 39.2 Å². The molecule has 0 atom stereocenters. The van der Waals surface area contributed by atoms with Crippen molar-refractivity contribution in [2.75, 3.05) is 24.5 Å². The zero-order chi connectivity index (χ0) is 12.8. The Balaban J connectivity index is 2.19. The number of anilines is 1. The summed E-state index contributed by atoms with van der Waals surface area (Å²) in [6.45, 7) is 6.56. The van der Waals surface area contributed by atoms with E-state index in [1.807, 2.05) is 0 Å². The molecule has 1 heterocycles. The van der Waals surface area contributed by atoms with Gasteiger partial charge in [0.15, 0.2) is 0 Å². The summed E-state index contributed by atoms with van der Waals surface area (Å²) < 4.78 is 1.18. The minimum atomic E-state index is 0.968. The van der Waals surface area contributed by atoms with Crippen molar-refractivity contribution in [1.29, 1.82) is 0 Å². The number of rotatable bonds is 4. The molecule has 0 saturated carbocycles. The van der Waals surface area contributed by atoms with E-state index in [-0.39, 0.29) is 0 Å². The van der Waals surface area contributed by atoms with Crippen molar-refractivity contribution >= 4 is 21.6 Å². The topological polar surface area (TPSA) is 15.3 Å². The number of hydrogen-bond donors (Lipinski definition) is 1. The minimum absolute atomic E-state index is 0.968. The van der Waals surface area contributed by atoms with Crippen molar-refractivity contribution in [3.8, 4) is 0 Å². The zero-order valence-corrected chi connectivity index (χ0v) is 12.8. The molecule has 0 bridgehead atoms. The molecule has 1 N–H and O–H groups in total. The van der Waals surface area contributed by atoms with E-state index in [1.165, 1.54) is 54.5 Å². The predicted molar refractivity (Wildman–Crippen MR) is 82.2 cm³/mol. The molecule has 0 unspecified atom stereocenters. The summed E-state index contributed by atoms with van der Waals surface area (Å²) >= 11 is 3.60. The van der Waals surface area contributed by atoms with Crippen LogP contribution in [0.1, 0.15) is 38.2 Å². The molecule has 0 spiro atoms. The van der Waals surface area contributed by atoms with Crippen LogP contribution in [0.15, 0.2) is 22.7 Å². The molecule has 2 nitrogen and oxygen atoms in total. The Labute approximate surface area is 119 Å². The summed E-state index contributed by atoms with van der Waals surface area (Å²) in [6.07, 6.45) is 5.42. The van der Waals surface area contributed by atoms with E-state index in [9.17, 15) is 0 Å². The normalized spacial score (nSPS) is 16.7. The zero-order valence-electron chi connectivity index (χ0n) is 11.2. The molecule has 1 saturated heterocycles. The van der Waals surface area contributed by atoms with E-state index in [0.29, 0.717) is 0 Å². The van der Waals surface area contributed by atoms with Crippen molar-refractivity contribution in [3.63, 3.8) is 0 Å². The van der Waals surface area contributed by atoms with Gasteiger partial charge in [0, 0.05) is 29.8 Å². The first-order valence-electron chi connectivity index (χ1n) is 7.05. The maximum atomic E-state index is 3.60. The molecular weight excluding hydrogens is 288 g/mol. The lowest BCUT2D eigenvalue weighted by molar-refractivity contribution is 0.716. The summed E-state index contributed by atoms with van der Waals surface area (Å²) in [7, 11) is 0. The lowest BCUT2D eigenvalue weighted by Gasteiger charge is -2.26. The van der Waals surface area contributed by atoms with Crippen molar-refractivity contribution in [2.24, 2.45) is 0 Å². The van der Waals surface area contributed by atoms with Crippen LogP contribution >= 0.6 is 15.9 Å². The maximum absolute atomic E-state index is 3.60. The van der Waals surface area contributed by atoms with Gasteiger partial charge in [-0.25, -0.2) is 0 Å². The quantitative estimate of drug-likeness (QED) is 0.906. The van der Waals surface area contributed by atoms with Gasteiger partial charge < -0.3 is 10.2 Å². The van der Waals surface area contributed by atoms with Crippen LogP contribution in [0, 0.1) is 0 Å². The molecule has 1 aromatic rings. The molecule has 1 fully saturated rings. The van der Waals surface area contributed by atoms with Gasteiger partial charge in [-0.1, -0.05) is 41.8 Å². The third kappa shape index (κ3) is 3.72. The second kappa shape index (κ2) is 7.15. The Bertz CT molecular complexity index is 371. The van der Waals surface area contributed by atoms with E-state index >= 15 is 0 Å². The standard InChI is InChI=1S/C15H23BrN2/c1-2-17-12-13-7-8-14(16)11-15(13)18-9-5-3-4-6-10-18/h7-8,11,17H,2-6,9-10,12H2,1H3. The number of benzene rings is 1.